The molecule has 1 heterocycles. The van der Waals surface area contributed by atoms with Crippen molar-refractivity contribution in [2.45, 2.75) is 24.8 Å². The molecule has 0 atom stereocenters. The third-order valence-electron chi connectivity index (χ3n) is 2.36. The first-order chi connectivity index (χ1) is 9.97. The second kappa shape index (κ2) is 6.59. The number of carbonyl (C=O) groups excluding carboxylic acids is 1. The number of ether oxygens (including phenoxy) is 2. The highest BCUT2D eigenvalue weighted by atomic mass is 35.5. The summed E-state index contributed by atoms with van der Waals surface area (Å²) in [5.41, 5.74) is -2.39. The second-order valence-corrected chi connectivity index (χ2v) is 4.15. The number of nitrogens with zero attached hydrogens (tertiary/aromatic N) is 1. The maximum Gasteiger partial charge on any atom is 0.574 e. The first-order valence-corrected chi connectivity index (χ1v) is 6.00. The van der Waals surface area contributed by atoms with Gasteiger partial charge in [-0.1, -0.05) is 0 Å². The van der Waals surface area contributed by atoms with Gasteiger partial charge < -0.3 is 9.47 Å². The fourth-order valence-electron chi connectivity index (χ4n) is 1.44. The van der Waals surface area contributed by atoms with Crippen molar-refractivity contribution in [3.8, 4) is 5.88 Å². The van der Waals surface area contributed by atoms with Crippen molar-refractivity contribution in [1.82, 2.24) is 4.98 Å². The summed E-state index contributed by atoms with van der Waals surface area (Å²) in [5, 5.41) is 0. The number of pyridine rings is 1. The Balaban J connectivity index is 3.42. The lowest BCUT2D eigenvalue weighted by Crippen LogP contribution is -2.22. The zero-order valence-electron chi connectivity index (χ0n) is 10.8. The molecular formula is C11H8ClF6NO3. The molecule has 124 valence electrons. The molecule has 4 nitrogen and oxygen atoms in total. The summed E-state index contributed by atoms with van der Waals surface area (Å²) in [7, 11) is 1.000. The molecule has 0 saturated carbocycles. The zero-order valence-corrected chi connectivity index (χ0v) is 11.6. The molecule has 0 aliphatic rings. The number of alkyl halides is 7. The van der Waals surface area contributed by atoms with Crippen LogP contribution in [0.1, 0.15) is 16.8 Å². The maximum atomic E-state index is 12.8. The van der Waals surface area contributed by atoms with Crippen LogP contribution in [0.25, 0.3) is 0 Å². The molecule has 0 fully saturated rings. The first kappa shape index (κ1) is 18.3. The van der Waals surface area contributed by atoms with Crippen LogP contribution < -0.4 is 4.74 Å². The molecule has 0 amide bonds. The Morgan fingerprint density at radius 3 is 2.27 bits per heavy atom. The Hall–Kier alpha value is -1.71. The van der Waals surface area contributed by atoms with E-state index in [0.29, 0.717) is 6.07 Å². The van der Waals surface area contributed by atoms with Gasteiger partial charge in [-0.15, -0.1) is 24.8 Å². The van der Waals surface area contributed by atoms with Gasteiger partial charge in [0.2, 0.25) is 5.88 Å². The van der Waals surface area contributed by atoms with E-state index in [-0.39, 0.29) is 5.56 Å². The predicted octanol–water partition coefficient (Wildman–Crippen LogP) is 3.45. The number of carbonyl (C=O) groups is 1. The number of methoxy groups -OCH3 is 1. The SMILES string of the molecule is COC(=O)Cc1nc(OC(F)(F)F)c(C(F)(F)F)cc1CCl. The van der Waals surface area contributed by atoms with Crippen LogP contribution in [0.3, 0.4) is 0 Å². The molecule has 0 aliphatic carbocycles. The van der Waals surface area contributed by atoms with Crippen molar-refractivity contribution in [2.75, 3.05) is 7.11 Å². The van der Waals surface area contributed by atoms with Gasteiger partial charge in [-0.25, -0.2) is 4.98 Å². The molecule has 1 aromatic rings. The Bertz CT molecular complexity index is 558. The van der Waals surface area contributed by atoms with Crippen LogP contribution >= 0.6 is 11.6 Å². The first-order valence-electron chi connectivity index (χ1n) is 5.46. The highest BCUT2D eigenvalue weighted by molar-refractivity contribution is 6.17. The molecule has 1 aromatic heterocycles. The van der Waals surface area contributed by atoms with Crippen LogP contribution in [-0.2, 0) is 28.0 Å². The van der Waals surface area contributed by atoms with Crippen LogP contribution in [0, 0.1) is 0 Å². The number of hydrogen-bond acceptors (Lipinski definition) is 4. The van der Waals surface area contributed by atoms with E-state index in [0.717, 1.165) is 7.11 Å². The minimum atomic E-state index is -5.38. The average molecular weight is 352 g/mol. The van der Waals surface area contributed by atoms with Crippen molar-refractivity contribution in [3.63, 3.8) is 0 Å². The van der Waals surface area contributed by atoms with Crippen molar-refractivity contribution in [3.05, 3.63) is 22.9 Å². The fraction of sp³-hybridized carbons (Fsp3) is 0.455. The predicted molar refractivity (Wildman–Crippen MR) is 61.2 cm³/mol. The van der Waals surface area contributed by atoms with E-state index in [1.165, 1.54) is 0 Å². The third kappa shape index (κ3) is 4.93. The van der Waals surface area contributed by atoms with Crippen molar-refractivity contribution in [1.29, 1.82) is 0 Å². The van der Waals surface area contributed by atoms with Gasteiger partial charge in [0.1, 0.15) is 5.56 Å². The van der Waals surface area contributed by atoms with E-state index in [1.54, 1.807) is 0 Å². The number of halogens is 7. The lowest BCUT2D eigenvalue weighted by Gasteiger charge is -2.17. The molecule has 22 heavy (non-hydrogen) atoms. The van der Waals surface area contributed by atoms with Crippen LogP contribution in [0.15, 0.2) is 6.07 Å². The molecule has 0 aliphatic heterocycles. The molecular weight excluding hydrogens is 344 g/mol. The van der Waals surface area contributed by atoms with E-state index in [2.05, 4.69) is 14.5 Å². The molecule has 0 saturated heterocycles. The molecule has 1 rings (SSSR count). The van der Waals surface area contributed by atoms with E-state index < -0.39 is 47.9 Å². The topological polar surface area (TPSA) is 48.4 Å². The van der Waals surface area contributed by atoms with Gasteiger partial charge >= 0.3 is 18.5 Å². The molecule has 0 unspecified atom stereocenters. The van der Waals surface area contributed by atoms with Gasteiger partial charge in [0.05, 0.1) is 19.2 Å². The quantitative estimate of drug-likeness (QED) is 0.473. The van der Waals surface area contributed by atoms with Gasteiger partial charge in [-0.3, -0.25) is 4.79 Å². The number of esters is 1. The molecule has 0 bridgehead atoms. The van der Waals surface area contributed by atoms with Crippen LogP contribution in [0.4, 0.5) is 26.3 Å². The summed E-state index contributed by atoms with van der Waals surface area (Å²) in [4.78, 5) is 14.3. The van der Waals surface area contributed by atoms with Gasteiger partial charge in [0.15, 0.2) is 0 Å². The summed E-state index contributed by atoms with van der Waals surface area (Å²) in [6.45, 7) is 0. The summed E-state index contributed by atoms with van der Waals surface area (Å²) < 4.78 is 82.5. The van der Waals surface area contributed by atoms with Gasteiger partial charge in [-0.05, 0) is 11.6 Å². The van der Waals surface area contributed by atoms with E-state index >= 15 is 0 Å². The zero-order chi connectivity index (χ0) is 17.1. The Kier molecular flexibility index (Phi) is 5.49. The van der Waals surface area contributed by atoms with E-state index in [4.69, 9.17) is 11.6 Å². The van der Waals surface area contributed by atoms with Gasteiger partial charge in [-0.2, -0.15) is 13.2 Å². The normalized spacial score (nSPS) is 12.2. The minimum Gasteiger partial charge on any atom is -0.469 e. The lowest BCUT2D eigenvalue weighted by atomic mass is 10.1. The average Bonchev–Trinajstić information content (AvgIpc) is 2.35. The minimum absolute atomic E-state index is 0.256. The molecule has 0 N–H and O–H groups in total. The molecule has 0 radical (unpaired) electrons. The Morgan fingerprint density at radius 1 is 1.27 bits per heavy atom. The van der Waals surface area contributed by atoms with Crippen molar-refractivity contribution in [2.24, 2.45) is 0 Å². The fourth-order valence-corrected chi connectivity index (χ4v) is 1.67. The maximum absolute atomic E-state index is 12.8. The highest BCUT2D eigenvalue weighted by Gasteiger charge is 2.41. The lowest BCUT2D eigenvalue weighted by molar-refractivity contribution is -0.277. The summed E-state index contributed by atoms with van der Waals surface area (Å²) in [6.07, 6.45) is -11.2. The largest absolute Gasteiger partial charge is 0.574 e. The smallest absolute Gasteiger partial charge is 0.469 e. The van der Waals surface area contributed by atoms with Gasteiger partial charge in [0.25, 0.3) is 0 Å². The second-order valence-electron chi connectivity index (χ2n) is 3.88. The molecule has 11 heteroatoms. The molecule has 0 spiro atoms. The number of aromatic nitrogens is 1. The Morgan fingerprint density at radius 2 is 1.86 bits per heavy atom. The standard InChI is InChI=1S/C11H8ClF6NO3/c1-21-8(20)3-7-5(4-12)2-6(10(13,14)15)9(19-7)22-11(16,17)18/h2H,3-4H2,1H3. The van der Waals surface area contributed by atoms with Crippen molar-refractivity contribution < 1.29 is 40.6 Å². The van der Waals surface area contributed by atoms with Crippen LogP contribution in [0.5, 0.6) is 5.88 Å². The van der Waals surface area contributed by atoms with Crippen LogP contribution in [-0.4, -0.2) is 24.4 Å². The van der Waals surface area contributed by atoms with Crippen molar-refractivity contribution >= 4 is 17.6 Å². The Labute approximate surface area is 125 Å². The summed E-state index contributed by atoms with van der Waals surface area (Å²) in [6, 6.07) is 0.360. The third-order valence-corrected chi connectivity index (χ3v) is 2.65. The van der Waals surface area contributed by atoms with Gasteiger partial charge in [0, 0.05) is 5.88 Å². The number of rotatable bonds is 4. The van der Waals surface area contributed by atoms with E-state index in [9.17, 15) is 31.1 Å². The summed E-state index contributed by atoms with van der Waals surface area (Å²) >= 11 is 5.44. The monoisotopic (exact) mass is 351 g/mol. The van der Waals surface area contributed by atoms with E-state index in [1.807, 2.05) is 0 Å². The van der Waals surface area contributed by atoms with Crippen LogP contribution in [0.2, 0.25) is 0 Å². The summed E-state index contributed by atoms with van der Waals surface area (Å²) in [5.74, 6) is -3.10. The number of hydrogen-bond donors (Lipinski definition) is 0. The molecule has 0 aromatic carbocycles. The highest BCUT2D eigenvalue weighted by Crippen LogP contribution is 2.38.